The molecule has 17 atom stereocenters. The number of aliphatic carboxylic acids is 1. The summed E-state index contributed by atoms with van der Waals surface area (Å²) in [6, 6.07) is 2.40. The molecule has 5 rings (SSSR count). The van der Waals surface area contributed by atoms with Crippen LogP contribution in [0.5, 0.6) is 5.75 Å². The first-order chi connectivity index (χ1) is 65.1. The lowest BCUT2D eigenvalue weighted by atomic mass is 9.89. The number of carbonyl (C=O) groups is 20. The third-order valence-electron chi connectivity index (χ3n) is 24.0. The summed E-state index contributed by atoms with van der Waals surface area (Å²) in [6.07, 6.45) is 2.85. The zero-order chi connectivity index (χ0) is 104. The van der Waals surface area contributed by atoms with E-state index in [0.717, 1.165) is 0 Å². The maximum atomic E-state index is 15.6. The lowest BCUT2D eigenvalue weighted by Crippen LogP contribution is -2.65. The zero-order valence-corrected chi connectivity index (χ0v) is 82.4. The fourth-order valence-corrected chi connectivity index (χ4v) is 15.5. The number of phenols is 1. The Morgan fingerprint density at radius 2 is 1.14 bits per heavy atom. The molecular formula is C99H148N18O23. The minimum Gasteiger partial charge on any atom is -0.508 e. The van der Waals surface area contributed by atoms with E-state index in [9.17, 15) is 77.6 Å². The summed E-state index contributed by atoms with van der Waals surface area (Å²) in [4.78, 5) is 284. The number of allylic oxidation sites excluding steroid dienone is 2. The lowest BCUT2D eigenvalue weighted by molar-refractivity contribution is -0.140. The largest absolute Gasteiger partial charge is 0.508 e. The molecule has 0 radical (unpaired) electrons. The van der Waals surface area contributed by atoms with E-state index >= 15 is 33.6 Å². The van der Waals surface area contributed by atoms with Crippen LogP contribution >= 0.6 is 0 Å². The number of nitrogens with one attached hydrogen (secondary N) is 16. The molecule has 3 unspecified atom stereocenters. The van der Waals surface area contributed by atoms with Gasteiger partial charge in [0.05, 0.1) is 36.2 Å². The highest BCUT2D eigenvalue weighted by molar-refractivity contribution is 6.41. The number of aromatic amines is 1. The molecule has 1 aromatic heterocycles. The summed E-state index contributed by atoms with van der Waals surface area (Å²) >= 11 is 0. The van der Waals surface area contributed by atoms with E-state index in [2.05, 4.69) is 84.7 Å². The number of hydrogen-bond donors (Lipinski definition) is 21. The lowest BCUT2D eigenvalue weighted by Gasteiger charge is -2.34. The normalized spacial score (nSPS) is 21.7. The number of Topliss-reactive ketones (excluding diaryl/α,β-unsaturated/α-hetero) is 4. The van der Waals surface area contributed by atoms with Gasteiger partial charge in [0, 0.05) is 75.1 Å². The van der Waals surface area contributed by atoms with Gasteiger partial charge in [-0.2, -0.15) is 0 Å². The molecule has 2 heterocycles. The molecule has 0 fully saturated rings. The van der Waals surface area contributed by atoms with Crippen molar-refractivity contribution in [2.45, 2.75) is 329 Å². The summed E-state index contributed by atoms with van der Waals surface area (Å²) in [5.74, 6) is -21.7. The molecular weight excluding hydrogens is 1810 g/mol. The van der Waals surface area contributed by atoms with Crippen LogP contribution in [0.2, 0.25) is 0 Å². The van der Waals surface area contributed by atoms with Gasteiger partial charge in [-0.1, -0.05) is 134 Å². The first-order valence-electron chi connectivity index (χ1n) is 47.3. The predicted octanol–water partition coefficient (Wildman–Crippen LogP) is 1.76. The Balaban J connectivity index is 0.0000409. The number of carboxylic acids is 1. The van der Waals surface area contributed by atoms with E-state index in [4.69, 9.17) is 11.5 Å². The van der Waals surface area contributed by atoms with Gasteiger partial charge in [0.25, 0.3) is 0 Å². The van der Waals surface area contributed by atoms with Crippen LogP contribution in [0.15, 0.2) is 97.2 Å². The number of aromatic nitrogens is 1. The summed E-state index contributed by atoms with van der Waals surface area (Å²) in [5.41, 5.74) is 7.03. The van der Waals surface area contributed by atoms with Crippen LogP contribution in [-0.4, -0.2) is 246 Å². The quantitative estimate of drug-likeness (QED) is 0.0223. The second-order valence-electron chi connectivity index (χ2n) is 38.0. The smallest absolute Gasteiger partial charge is 0.303 e. The van der Waals surface area contributed by atoms with Crippen molar-refractivity contribution in [2.75, 3.05) is 13.1 Å². The van der Waals surface area contributed by atoms with Crippen LogP contribution in [0, 0.1) is 23.7 Å². The van der Waals surface area contributed by atoms with Crippen molar-refractivity contribution in [3.8, 4) is 5.75 Å². The third kappa shape index (κ3) is 38.9. The van der Waals surface area contributed by atoms with Crippen LogP contribution < -0.4 is 91.2 Å². The highest BCUT2D eigenvalue weighted by atomic mass is 16.4. The summed E-state index contributed by atoms with van der Waals surface area (Å²) in [7, 11) is 0. The maximum absolute atomic E-state index is 15.6. The van der Waals surface area contributed by atoms with E-state index in [1.165, 1.54) is 107 Å². The number of carboxylic acid groups (broad SMARTS) is 1. The van der Waals surface area contributed by atoms with Crippen molar-refractivity contribution >= 4 is 129 Å². The molecule has 4 aromatic rings. The number of aromatic hydroxyl groups is 1. The maximum Gasteiger partial charge on any atom is 0.303 e. The number of aliphatic hydroxyl groups is 1. The standard InChI is InChI=1S/C98H144N18O23.CH4/c1-53(2)45-66-52-103-70(39-41-76(99)120)82(126)81(125)58(8)105-88(132)75(49-65-51-102-69-34-28-27-33-68(65)69)110-89(133)73(48-64-35-37-67(119)38-36-64)109-87(131)71(40-42-77(121)122)112-95(139)98(16,116-91(135)74(47-63-31-25-24-26-32-63)111-92(136)78(61(11)117)113-90(134)72(46-54(3)4)108-62(12)118)44-30-23-21-19-17-18-20-22-29-43-97(15,115-86(66)130)94(138)107-60(10)85(129)114-96(13,14)93(137)106-59(9)84(128)104-57(7)80(124)79(123)56(6)101-50-55(5)83(100)127;/h18,20,24-28,31-38,51,53-61,66,70-75,78,101-103,117,119H,17,19,21-23,29-30,39-50,52H2,1-16H3,(H2,99,120)(H2,100,127)(H,104,128)(H,105,132)(H,106,137)(H,107,138)(H,108,118)(H,109,131)(H,110,133)(H,111,136)(H,112,139)(H,113,134)(H,114,129)(H,115,130)(H,116,135)(H,121,122);1H4/b20-18+;/t55-,56-,57-,58?,59?,60-,61+,66+,70-,71-,72-,73?,74-,75-,78-,97-,98+;/m0./s1. The number of amides is 15. The Morgan fingerprint density at radius 3 is 1.75 bits per heavy atom. The van der Waals surface area contributed by atoms with Crippen LogP contribution in [0.1, 0.15) is 231 Å². The van der Waals surface area contributed by atoms with Gasteiger partial charge in [0.15, 0.2) is 0 Å². The minimum absolute atomic E-state index is 0. The number of para-hydroxylation sites is 1. The fourth-order valence-electron chi connectivity index (χ4n) is 15.5. The van der Waals surface area contributed by atoms with Gasteiger partial charge in [-0.05, 0) is 180 Å². The van der Waals surface area contributed by atoms with Gasteiger partial charge in [-0.3, -0.25) is 95.9 Å². The van der Waals surface area contributed by atoms with Crippen LogP contribution in [0.4, 0.5) is 0 Å². The number of nitrogens with two attached hydrogens (primary N) is 2. The molecule has 3 aromatic carbocycles. The molecule has 0 aliphatic carbocycles. The Kier molecular flexibility index (Phi) is 48.3. The van der Waals surface area contributed by atoms with E-state index in [1.54, 1.807) is 88.5 Å². The minimum atomic E-state index is -2.08. The van der Waals surface area contributed by atoms with Crippen molar-refractivity contribution in [2.24, 2.45) is 35.1 Å². The molecule has 1 aliphatic heterocycles. The molecule has 41 heteroatoms. The summed E-state index contributed by atoms with van der Waals surface area (Å²) in [6.45, 7) is 22.6. The highest BCUT2D eigenvalue weighted by Crippen LogP contribution is 2.26. The number of fused-ring (bicyclic) bond motifs is 1. The Bertz CT molecular complexity index is 5020. The van der Waals surface area contributed by atoms with Gasteiger partial charge >= 0.3 is 5.97 Å². The predicted molar refractivity (Wildman–Crippen MR) is 521 cm³/mol. The number of H-pyrrole nitrogens is 1. The number of carbonyl (C=O) groups excluding carboxylic acids is 19. The van der Waals surface area contributed by atoms with Crippen molar-refractivity contribution in [3.63, 3.8) is 0 Å². The van der Waals surface area contributed by atoms with Crippen molar-refractivity contribution in [1.82, 2.24) is 84.7 Å². The first-order valence-corrected chi connectivity index (χ1v) is 47.3. The first kappa shape index (κ1) is 119. The van der Waals surface area contributed by atoms with Gasteiger partial charge in [-0.15, -0.1) is 0 Å². The molecule has 0 saturated carbocycles. The van der Waals surface area contributed by atoms with E-state index in [0.29, 0.717) is 59.7 Å². The number of aliphatic hydroxyl groups excluding tert-OH is 1. The Labute approximate surface area is 817 Å². The average Bonchev–Trinajstić information content (AvgIpc) is 1.10. The van der Waals surface area contributed by atoms with Gasteiger partial charge in [0.2, 0.25) is 112 Å². The summed E-state index contributed by atoms with van der Waals surface area (Å²) < 4.78 is 0. The van der Waals surface area contributed by atoms with Crippen molar-refractivity contribution in [3.05, 3.63) is 114 Å². The van der Waals surface area contributed by atoms with Gasteiger partial charge < -0.3 is 112 Å². The molecule has 41 nitrogen and oxygen atoms in total. The SMILES string of the molecule is C.CC(=O)N[C@@H](CC(C)C)C(=O)N[C@H](C(=O)N[C@@H](Cc1ccccc1)C(=O)N[C@]1(C)CCCCCC/C=C/CCC[C@@](C)(C(=O)N[C@@H](C)C(=O)NC(C)(C)C(=O)NC(C)C(=O)N[C@@H](C)C(=O)C(=O)[C@H](C)NC[C@H](C)C(N)=O)NC(=O)[C@H](CC(C)C)CN[C@@H](CCC(N)=O)C(=O)C(=O)C(C)NC(=O)[C@H](Cc2c[nH]c3ccccc23)NC(=O)C(Cc2ccc(O)cc2)NC(=O)[C@H](CCC(=O)O)NC1=O)[C@@H](C)O. The van der Waals surface area contributed by atoms with Crippen LogP contribution in [0.3, 0.4) is 0 Å². The highest BCUT2D eigenvalue weighted by Gasteiger charge is 2.45. The average molecular weight is 1960 g/mol. The van der Waals surface area contributed by atoms with Crippen molar-refractivity contribution < 1.29 is 111 Å². The number of rotatable bonds is 39. The number of hydrogen-bond acceptors (Lipinski definition) is 24. The molecule has 772 valence electrons. The molecule has 0 spiro atoms. The number of ketones is 4. The molecule has 140 heavy (non-hydrogen) atoms. The van der Waals surface area contributed by atoms with E-state index in [1.807, 2.05) is 12.2 Å². The van der Waals surface area contributed by atoms with Crippen molar-refractivity contribution in [1.29, 1.82) is 0 Å². The fraction of sp³-hybridized carbons (Fsp3) is 0.576. The number of phenolic OH excluding ortho intramolecular Hbond substituents is 1. The van der Waals surface area contributed by atoms with E-state index in [-0.39, 0.29) is 89.5 Å². The molecule has 0 saturated heterocycles. The van der Waals surface area contributed by atoms with Gasteiger partial charge in [0.1, 0.15) is 70.7 Å². The van der Waals surface area contributed by atoms with Gasteiger partial charge in [-0.25, -0.2) is 0 Å². The second-order valence-corrected chi connectivity index (χ2v) is 38.0. The number of benzene rings is 3. The topological polar surface area (TPSA) is 650 Å². The number of primary amides is 2. The molecule has 1 aliphatic rings. The molecule has 0 bridgehead atoms. The van der Waals surface area contributed by atoms with Crippen LogP contribution in [-0.2, 0) is 115 Å². The second kappa shape index (κ2) is 56.8. The Hall–Kier alpha value is -13.2. The monoisotopic (exact) mass is 1960 g/mol. The zero-order valence-electron chi connectivity index (χ0n) is 82.4. The molecule has 23 N–H and O–H groups in total. The Morgan fingerprint density at radius 1 is 0.557 bits per heavy atom. The summed E-state index contributed by atoms with van der Waals surface area (Å²) in [5, 5.41) is 72.1. The van der Waals surface area contributed by atoms with Crippen LogP contribution in [0.25, 0.3) is 10.9 Å². The molecule has 15 amide bonds. The van der Waals surface area contributed by atoms with E-state index < -0.39 is 257 Å². The third-order valence-corrected chi connectivity index (χ3v) is 24.0.